The maximum absolute atomic E-state index is 10.0. The Bertz CT molecular complexity index is 334. The Labute approximate surface area is 83.0 Å². The summed E-state index contributed by atoms with van der Waals surface area (Å²) in [5, 5.41) is 28.4. The van der Waals surface area contributed by atoms with Crippen molar-refractivity contribution >= 4 is 0 Å². The predicted molar refractivity (Wildman–Crippen MR) is 53.0 cm³/mol. The number of hydrogen-bond donors (Lipinski definition) is 3. The lowest BCUT2D eigenvalue weighted by molar-refractivity contribution is -0.0721. The van der Waals surface area contributed by atoms with Crippen LogP contribution in [0.3, 0.4) is 0 Å². The van der Waals surface area contributed by atoms with Crippen molar-refractivity contribution in [2.75, 3.05) is 14.1 Å². The molecule has 3 N–H and O–H groups in total. The minimum atomic E-state index is -1.16. The first-order valence-corrected chi connectivity index (χ1v) is 4.28. The lowest BCUT2D eigenvalue weighted by atomic mass is 10.0. The maximum atomic E-state index is 10.0. The topological polar surface area (TPSA) is 63.9 Å². The number of aromatic hydroxyl groups is 2. The molecule has 4 heteroatoms. The van der Waals surface area contributed by atoms with Crippen LogP contribution in [0.15, 0.2) is 18.2 Å². The Balaban J connectivity index is 3.14. The molecule has 0 saturated carbocycles. The Hall–Kier alpha value is -1.26. The maximum Gasteiger partial charge on any atom is 0.157 e. The van der Waals surface area contributed by atoms with Crippen LogP contribution in [0.5, 0.6) is 11.5 Å². The number of rotatable bonds is 2. The summed E-state index contributed by atoms with van der Waals surface area (Å²) in [5.74, 6) is -0.423. The van der Waals surface area contributed by atoms with Gasteiger partial charge in [-0.05, 0) is 33.2 Å². The zero-order valence-corrected chi connectivity index (χ0v) is 8.52. The minimum absolute atomic E-state index is 0.191. The molecule has 0 aliphatic carbocycles. The lowest BCUT2D eigenvalue weighted by Crippen LogP contribution is -2.38. The van der Waals surface area contributed by atoms with Gasteiger partial charge in [0.05, 0.1) is 0 Å². The zero-order chi connectivity index (χ0) is 10.9. The van der Waals surface area contributed by atoms with Crippen molar-refractivity contribution in [3.63, 3.8) is 0 Å². The van der Waals surface area contributed by atoms with Crippen LogP contribution in [0.4, 0.5) is 0 Å². The molecule has 0 bridgehead atoms. The van der Waals surface area contributed by atoms with Crippen molar-refractivity contribution in [2.24, 2.45) is 0 Å². The highest BCUT2D eigenvalue weighted by molar-refractivity contribution is 5.42. The van der Waals surface area contributed by atoms with Gasteiger partial charge >= 0.3 is 0 Å². The standard InChI is InChI=1S/C10H15NO3/c1-10(14,11(2)3)7-4-5-8(12)9(13)6-7/h4-6,12-14H,1-3H3. The number of hydrogen-bond acceptors (Lipinski definition) is 4. The largest absolute Gasteiger partial charge is 0.504 e. The quantitative estimate of drug-likeness (QED) is 0.485. The fourth-order valence-electron chi connectivity index (χ4n) is 1.08. The van der Waals surface area contributed by atoms with Crippen LogP contribution >= 0.6 is 0 Å². The minimum Gasteiger partial charge on any atom is -0.504 e. The van der Waals surface area contributed by atoms with E-state index in [0.717, 1.165) is 0 Å². The second-order valence-electron chi connectivity index (χ2n) is 3.62. The SMILES string of the molecule is CN(C)C(C)(O)c1ccc(O)c(O)c1. The molecular formula is C10H15NO3. The zero-order valence-electron chi connectivity index (χ0n) is 8.52. The molecule has 0 spiro atoms. The van der Waals surface area contributed by atoms with Crippen molar-refractivity contribution in [1.82, 2.24) is 4.90 Å². The summed E-state index contributed by atoms with van der Waals surface area (Å²) in [6.45, 7) is 1.61. The summed E-state index contributed by atoms with van der Waals surface area (Å²) in [4.78, 5) is 1.61. The average Bonchev–Trinajstić information content (AvgIpc) is 2.09. The molecule has 0 aromatic heterocycles. The van der Waals surface area contributed by atoms with E-state index >= 15 is 0 Å². The Morgan fingerprint density at radius 1 is 1.14 bits per heavy atom. The molecule has 1 rings (SSSR count). The second kappa shape index (κ2) is 3.48. The summed E-state index contributed by atoms with van der Waals surface area (Å²) in [5.41, 5.74) is -0.636. The number of aliphatic hydroxyl groups is 1. The molecule has 4 nitrogen and oxygen atoms in total. The first-order valence-electron chi connectivity index (χ1n) is 4.28. The molecule has 1 aromatic rings. The molecule has 0 heterocycles. The molecule has 1 unspecified atom stereocenters. The van der Waals surface area contributed by atoms with Crippen molar-refractivity contribution < 1.29 is 15.3 Å². The monoisotopic (exact) mass is 197 g/mol. The highest BCUT2D eigenvalue weighted by atomic mass is 16.3. The summed E-state index contributed by atoms with van der Waals surface area (Å²) >= 11 is 0. The van der Waals surface area contributed by atoms with Gasteiger partial charge in [0.25, 0.3) is 0 Å². The van der Waals surface area contributed by atoms with Gasteiger partial charge in [-0.2, -0.15) is 0 Å². The van der Waals surface area contributed by atoms with E-state index in [1.807, 2.05) is 0 Å². The number of phenols is 2. The molecule has 0 aliphatic heterocycles. The third-order valence-corrected chi connectivity index (χ3v) is 2.39. The van der Waals surface area contributed by atoms with Gasteiger partial charge in [0.2, 0.25) is 0 Å². The van der Waals surface area contributed by atoms with Gasteiger partial charge in [-0.1, -0.05) is 6.07 Å². The third-order valence-electron chi connectivity index (χ3n) is 2.39. The molecule has 0 saturated heterocycles. The van der Waals surface area contributed by atoms with E-state index < -0.39 is 5.72 Å². The van der Waals surface area contributed by atoms with Crippen molar-refractivity contribution in [3.8, 4) is 11.5 Å². The van der Waals surface area contributed by atoms with Crippen LogP contribution in [0.25, 0.3) is 0 Å². The Morgan fingerprint density at radius 3 is 2.14 bits per heavy atom. The summed E-state index contributed by atoms with van der Waals surface area (Å²) < 4.78 is 0. The van der Waals surface area contributed by atoms with Gasteiger partial charge in [0, 0.05) is 5.56 Å². The van der Waals surface area contributed by atoms with Gasteiger partial charge < -0.3 is 15.3 Å². The fraction of sp³-hybridized carbons (Fsp3) is 0.400. The van der Waals surface area contributed by atoms with Gasteiger partial charge in [-0.3, -0.25) is 4.90 Å². The number of nitrogens with zero attached hydrogens (tertiary/aromatic N) is 1. The van der Waals surface area contributed by atoms with Crippen LogP contribution in [0.2, 0.25) is 0 Å². The van der Waals surface area contributed by atoms with Crippen molar-refractivity contribution in [1.29, 1.82) is 0 Å². The van der Waals surface area contributed by atoms with E-state index in [0.29, 0.717) is 5.56 Å². The number of phenolic OH excluding ortho intramolecular Hbond substituents is 2. The Kier molecular flexibility index (Phi) is 2.69. The van der Waals surface area contributed by atoms with E-state index in [9.17, 15) is 10.2 Å². The van der Waals surface area contributed by atoms with Crippen LogP contribution in [-0.4, -0.2) is 34.3 Å². The first kappa shape index (κ1) is 10.8. The molecule has 0 amide bonds. The van der Waals surface area contributed by atoms with Gasteiger partial charge in [0.15, 0.2) is 11.5 Å². The molecular weight excluding hydrogens is 182 g/mol. The lowest BCUT2D eigenvalue weighted by Gasteiger charge is -2.31. The third kappa shape index (κ3) is 1.81. The van der Waals surface area contributed by atoms with Crippen LogP contribution < -0.4 is 0 Å². The number of benzene rings is 1. The van der Waals surface area contributed by atoms with E-state index in [4.69, 9.17) is 5.11 Å². The summed E-state index contributed by atoms with van der Waals surface area (Å²) in [6, 6.07) is 4.26. The second-order valence-corrected chi connectivity index (χ2v) is 3.62. The molecule has 1 aromatic carbocycles. The van der Waals surface area contributed by atoms with Crippen LogP contribution in [0, 0.1) is 0 Å². The molecule has 0 aliphatic rings. The smallest absolute Gasteiger partial charge is 0.157 e. The summed E-state index contributed by atoms with van der Waals surface area (Å²) in [7, 11) is 3.45. The van der Waals surface area contributed by atoms with Gasteiger partial charge in [-0.25, -0.2) is 0 Å². The Morgan fingerprint density at radius 2 is 1.71 bits per heavy atom. The predicted octanol–water partition coefficient (Wildman–Crippen LogP) is 0.824. The highest BCUT2D eigenvalue weighted by Gasteiger charge is 2.26. The molecule has 0 radical (unpaired) electrons. The van der Waals surface area contributed by atoms with Crippen molar-refractivity contribution in [3.05, 3.63) is 23.8 Å². The molecule has 1 atom stereocenters. The average molecular weight is 197 g/mol. The fourth-order valence-corrected chi connectivity index (χ4v) is 1.08. The van der Waals surface area contributed by atoms with E-state index in [2.05, 4.69) is 0 Å². The normalized spacial score (nSPS) is 15.5. The first-order chi connectivity index (χ1) is 6.35. The van der Waals surface area contributed by atoms with E-state index in [-0.39, 0.29) is 11.5 Å². The van der Waals surface area contributed by atoms with Crippen molar-refractivity contribution in [2.45, 2.75) is 12.6 Å². The van der Waals surface area contributed by atoms with Gasteiger partial charge in [0.1, 0.15) is 5.72 Å². The molecule has 78 valence electrons. The molecule has 0 fully saturated rings. The van der Waals surface area contributed by atoms with Crippen LogP contribution in [-0.2, 0) is 5.72 Å². The molecule has 14 heavy (non-hydrogen) atoms. The highest BCUT2D eigenvalue weighted by Crippen LogP contribution is 2.31. The van der Waals surface area contributed by atoms with E-state index in [1.165, 1.54) is 12.1 Å². The summed E-state index contributed by atoms with van der Waals surface area (Å²) in [6.07, 6.45) is 0. The van der Waals surface area contributed by atoms with E-state index in [1.54, 1.807) is 32.0 Å². The van der Waals surface area contributed by atoms with Crippen LogP contribution in [0.1, 0.15) is 12.5 Å². The van der Waals surface area contributed by atoms with Gasteiger partial charge in [-0.15, -0.1) is 0 Å².